The van der Waals surface area contributed by atoms with E-state index in [1.54, 1.807) is 0 Å². The smallest absolute Gasteiger partial charge is 0.303 e. The molecule has 7 nitrogen and oxygen atoms in total. The van der Waals surface area contributed by atoms with E-state index in [0.29, 0.717) is 0 Å². The molecule has 0 radical (unpaired) electrons. The summed E-state index contributed by atoms with van der Waals surface area (Å²) < 4.78 is 4.94. The molecule has 1 heterocycles. The highest BCUT2D eigenvalue weighted by molar-refractivity contribution is 5.75. The van der Waals surface area contributed by atoms with Crippen LogP contribution in [0, 0.1) is 0 Å². The summed E-state index contributed by atoms with van der Waals surface area (Å²) in [6, 6.07) is 0. The summed E-state index contributed by atoms with van der Waals surface area (Å²) in [7, 11) is 2.00. The molecule has 0 aromatic rings. The molecule has 1 aliphatic rings. The zero-order chi connectivity index (χ0) is 14.1. The molecule has 1 aliphatic heterocycles. The fraction of sp³-hybridized carbons (Fsp3) is 0.800. The lowest BCUT2D eigenvalue weighted by molar-refractivity contribution is -0.143. The number of aliphatic hydroxyl groups is 2. The SMILES string of the molecule is C1CCOC1.CO.CO.O=C(O)CCC(=O)O. The predicted octanol–water partition coefficient (Wildman–Crippen LogP) is -0.0504. The van der Waals surface area contributed by atoms with Crippen molar-refractivity contribution in [2.75, 3.05) is 27.4 Å². The molecule has 0 spiro atoms. The molecule has 0 atom stereocenters. The highest BCUT2D eigenvalue weighted by Crippen LogP contribution is 1.98. The van der Waals surface area contributed by atoms with E-state index >= 15 is 0 Å². The third kappa shape index (κ3) is 31.3. The first kappa shape index (κ1) is 21.1. The molecule has 104 valence electrons. The van der Waals surface area contributed by atoms with Crippen molar-refractivity contribution < 1.29 is 34.8 Å². The molecule has 17 heavy (non-hydrogen) atoms. The summed E-state index contributed by atoms with van der Waals surface area (Å²) in [5.41, 5.74) is 0. The van der Waals surface area contributed by atoms with Crippen LogP contribution in [0.15, 0.2) is 0 Å². The number of aliphatic hydroxyl groups excluding tert-OH is 2. The van der Waals surface area contributed by atoms with Gasteiger partial charge in [-0.3, -0.25) is 9.59 Å². The maximum Gasteiger partial charge on any atom is 0.303 e. The van der Waals surface area contributed by atoms with Crippen LogP contribution in [0.4, 0.5) is 0 Å². The molecule has 7 heteroatoms. The van der Waals surface area contributed by atoms with Gasteiger partial charge >= 0.3 is 11.9 Å². The molecule has 0 aromatic heterocycles. The Kier molecular flexibility index (Phi) is 25.2. The summed E-state index contributed by atoms with van der Waals surface area (Å²) in [6.07, 6.45) is 1.96. The third-order valence-electron chi connectivity index (χ3n) is 1.38. The van der Waals surface area contributed by atoms with E-state index in [1.807, 2.05) is 0 Å². The van der Waals surface area contributed by atoms with Gasteiger partial charge in [0.05, 0.1) is 12.8 Å². The minimum atomic E-state index is -1.08. The monoisotopic (exact) mass is 254 g/mol. The quantitative estimate of drug-likeness (QED) is 0.556. The molecule has 0 bridgehead atoms. The van der Waals surface area contributed by atoms with Crippen LogP contribution in [0.1, 0.15) is 25.7 Å². The molecule has 1 rings (SSSR count). The van der Waals surface area contributed by atoms with Gasteiger partial charge in [0.25, 0.3) is 0 Å². The fourth-order valence-electron chi connectivity index (χ4n) is 0.724. The lowest BCUT2D eigenvalue weighted by atomic mass is 10.3. The molecular formula is C10H22O7. The Labute approximate surface area is 101 Å². The van der Waals surface area contributed by atoms with E-state index in [2.05, 4.69) is 0 Å². The number of carboxylic acids is 2. The van der Waals surface area contributed by atoms with Gasteiger partial charge in [-0.2, -0.15) is 0 Å². The summed E-state index contributed by atoms with van der Waals surface area (Å²) >= 11 is 0. The van der Waals surface area contributed by atoms with Crippen molar-refractivity contribution in [3.05, 3.63) is 0 Å². The Morgan fingerprint density at radius 3 is 1.29 bits per heavy atom. The number of carbonyl (C=O) groups is 2. The van der Waals surface area contributed by atoms with Crippen LogP contribution in [0.5, 0.6) is 0 Å². The van der Waals surface area contributed by atoms with Gasteiger partial charge in [-0.25, -0.2) is 0 Å². The van der Waals surface area contributed by atoms with Gasteiger partial charge in [-0.1, -0.05) is 0 Å². The van der Waals surface area contributed by atoms with E-state index in [9.17, 15) is 9.59 Å². The maximum atomic E-state index is 9.64. The van der Waals surface area contributed by atoms with Gasteiger partial charge in [-0.15, -0.1) is 0 Å². The first-order chi connectivity index (χ1) is 8.13. The van der Waals surface area contributed by atoms with Crippen molar-refractivity contribution in [2.24, 2.45) is 0 Å². The average Bonchev–Trinajstić information content (AvgIpc) is 2.90. The van der Waals surface area contributed by atoms with Gasteiger partial charge in [0.15, 0.2) is 0 Å². The van der Waals surface area contributed by atoms with E-state index in [-0.39, 0.29) is 12.8 Å². The van der Waals surface area contributed by atoms with Gasteiger partial charge in [0.1, 0.15) is 0 Å². The number of aliphatic carboxylic acids is 2. The van der Waals surface area contributed by atoms with Crippen LogP contribution in [-0.2, 0) is 14.3 Å². The maximum absolute atomic E-state index is 9.64. The molecule has 1 saturated heterocycles. The second-order valence-corrected chi connectivity index (χ2v) is 2.61. The van der Waals surface area contributed by atoms with Crippen molar-refractivity contribution in [3.63, 3.8) is 0 Å². The number of hydrogen-bond acceptors (Lipinski definition) is 5. The topological polar surface area (TPSA) is 124 Å². The fourth-order valence-corrected chi connectivity index (χ4v) is 0.724. The van der Waals surface area contributed by atoms with Crippen LogP contribution in [0.2, 0.25) is 0 Å². The highest BCUT2D eigenvalue weighted by Gasteiger charge is 2.00. The number of ether oxygens (including phenoxy) is 1. The van der Waals surface area contributed by atoms with E-state index in [4.69, 9.17) is 25.2 Å². The minimum absolute atomic E-state index is 0.296. The molecule has 0 aliphatic carbocycles. The average molecular weight is 254 g/mol. The summed E-state index contributed by atoms with van der Waals surface area (Å²) in [4.78, 5) is 19.3. The third-order valence-corrected chi connectivity index (χ3v) is 1.38. The summed E-state index contributed by atoms with van der Waals surface area (Å²) in [6.45, 7) is 2.00. The Morgan fingerprint density at radius 1 is 0.882 bits per heavy atom. The second kappa shape index (κ2) is 20.3. The van der Waals surface area contributed by atoms with Crippen molar-refractivity contribution in [1.29, 1.82) is 0 Å². The zero-order valence-electron chi connectivity index (χ0n) is 10.3. The van der Waals surface area contributed by atoms with Crippen LogP contribution in [0.3, 0.4) is 0 Å². The lowest BCUT2D eigenvalue weighted by Crippen LogP contribution is -2.00. The molecule has 0 saturated carbocycles. The Balaban J connectivity index is -0.000000186. The van der Waals surface area contributed by atoms with Crippen molar-refractivity contribution in [3.8, 4) is 0 Å². The van der Waals surface area contributed by atoms with E-state index in [0.717, 1.165) is 27.4 Å². The number of carboxylic acid groups (broad SMARTS) is 2. The van der Waals surface area contributed by atoms with E-state index in [1.165, 1.54) is 12.8 Å². The number of rotatable bonds is 3. The molecular weight excluding hydrogens is 232 g/mol. The number of hydrogen-bond donors (Lipinski definition) is 4. The molecule has 1 fully saturated rings. The van der Waals surface area contributed by atoms with Crippen LogP contribution >= 0.6 is 0 Å². The van der Waals surface area contributed by atoms with Crippen molar-refractivity contribution in [2.45, 2.75) is 25.7 Å². The molecule has 0 aromatic carbocycles. The van der Waals surface area contributed by atoms with Crippen LogP contribution < -0.4 is 0 Å². The predicted molar refractivity (Wildman–Crippen MR) is 60.8 cm³/mol. The largest absolute Gasteiger partial charge is 0.481 e. The van der Waals surface area contributed by atoms with Gasteiger partial charge < -0.3 is 25.2 Å². The lowest BCUT2D eigenvalue weighted by Gasteiger charge is -1.85. The Hall–Kier alpha value is -1.18. The first-order valence-corrected chi connectivity index (χ1v) is 5.03. The van der Waals surface area contributed by atoms with E-state index < -0.39 is 11.9 Å². The molecule has 0 unspecified atom stereocenters. The van der Waals surface area contributed by atoms with Crippen LogP contribution in [0.25, 0.3) is 0 Å². The normalized spacial score (nSPS) is 11.8. The zero-order valence-corrected chi connectivity index (χ0v) is 10.3. The van der Waals surface area contributed by atoms with Crippen molar-refractivity contribution >= 4 is 11.9 Å². The highest BCUT2D eigenvalue weighted by atomic mass is 16.5. The van der Waals surface area contributed by atoms with Gasteiger partial charge in [-0.05, 0) is 12.8 Å². The van der Waals surface area contributed by atoms with Crippen LogP contribution in [-0.4, -0.2) is 59.8 Å². The van der Waals surface area contributed by atoms with Gasteiger partial charge in [0, 0.05) is 27.4 Å². The Morgan fingerprint density at radius 2 is 1.18 bits per heavy atom. The summed E-state index contributed by atoms with van der Waals surface area (Å²) in [5.74, 6) is -2.15. The van der Waals surface area contributed by atoms with Crippen molar-refractivity contribution in [1.82, 2.24) is 0 Å². The summed E-state index contributed by atoms with van der Waals surface area (Å²) in [5, 5.41) is 29.8. The standard InChI is InChI=1S/C4H6O4.C4H8O.2CH4O/c5-3(6)1-2-4(7)8;1-2-4-5-3-1;2*1-2/h1-2H2,(H,5,6)(H,7,8);1-4H2;2*2H,1H3. The second-order valence-electron chi connectivity index (χ2n) is 2.61. The van der Waals surface area contributed by atoms with Gasteiger partial charge in [0.2, 0.25) is 0 Å². The Bertz CT molecular complexity index is 144. The first-order valence-electron chi connectivity index (χ1n) is 5.03. The molecule has 4 N–H and O–H groups in total. The minimum Gasteiger partial charge on any atom is -0.481 e. The molecule has 0 amide bonds.